The molecule has 0 spiro atoms. The van der Waals surface area contributed by atoms with Crippen molar-refractivity contribution in [1.82, 2.24) is 10.2 Å². The number of rotatable bonds is 7. The lowest BCUT2D eigenvalue weighted by Crippen LogP contribution is -2.24. The fourth-order valence-corrected chi connectivity index (χ4v) is 4.51. The van der Waals surface area contributed by atoms with Crippen molar-refractivity contribution in [2.45, 2.75) is 19.3 Å². The van der Waals surface area contributed by atoms with Gasteiger partial charge in [-0.2, -0.15) is 0 Å². The predicted molar refractivity (Wildman–Crippen MR) is 125 cm³/mol. The maximum atomic E-state index is 12.8. The lowest BCUT2D eigenvalue weighted by atomic mass is 10.1. The van der Waals surface area contributed by atoms with E-state index in [-0.39, 0.29) is 17.7 Å². The van der Waals surface area contributed by atoms with Crippen molar-refractivity contribution in [2.24, 2.45) is 0 Å². The summed E-state index contributed by atoms with van der Waals surface area (Å²) in [5.74, 6) is 0.728. The molecule has 0 unspecified atom stereocenters. The quantitative estimate of drug-likeness (QED) is 0.565. The number of amides is 2. The Morgan fingerprint density at radius 2 is 1.73 bits per heavy atom. The highest BCUT2D eigenvalue weighted by Crippen LogP contribution is 2.39. The van der Waals surface area contributed by atoms with E-state index in [0.29, 0.717) is 45.9 Å². The van der Waals surface area contributed by atoms with Gasteiger partial charge in [-0.25, -0.2) is 0 Å². The number of aryl methyl sites for hydroxylation is 1. The van der Waals surface area contributed by atoms with Crippen LogP contribution < -0.4 is 24.4 Å². The van der Waals surface area contributed by atoms with E-state index < -0.39 is 0 Å². The second-order valence-corrected chi connectivity index (χ2v) is 8.56. The first-order valence-corrected chi connectivity index (χ1v) is 11.1. The van der Waals surface area contributed by atoms with Gasteiger partial charge in [-0.15, -0.1) is 10.2 Å². The van der Waals surface area contributed by atoms with Crippen LogP contribution in [0, 0.1) is 6.92 Å². The molecule has 4 rings (SSSR count). The van der Waals surface area contributed by atoms with Crippen LogP contribution in [0.25, 0.3) is 0 Å². The average Bonchev–Trinajstić information content (AvgIpc) is 3.45. The standard InChI is InChI=1S/C23H24N4O5S/c1-13-5-7-16(8-6-13)27-12-15(11-19(27)28)22-25-26-23(33-22)24-21(29)14-9-17(30-2)20(32-4)18(10-14)31-3/h5-10,15H,11-12H2,1-4H3,(H,24,26,29)/t15-/m1/s1. The van der Waals surface area contributed by atoms with E-state index in [1.807, 2.05) is 31.2 Å². The third-order valence-electron chi connectivity index (χ3n) is 5.41. The van der Waals surface area contributed by atoms with E-state index >= 15 is 0 Å². The molecule has 10 heteroatoms. The number of aromatic nitrogens is 2. The molecular weight excluding hydrogens is 444 g/mol. The zero-order chi connectivity index (χ0) is 23.5. The van der Waals surface area contributed by atoms with Gasteiger partial charge in [0.2, 0.25) is 16.8 Å². The zero-order valence-electron chi connectivity index (χ0n) is 18.7. The number of carbonyl (C=O) groups is 2. The normalized spacial score (nSPS) is 15.5. The number of anilines is 2. The monoisotopic (exact) mass is 468 g/mol. The maximum absolute atomic E-state index is 12.8. The van der Waals surface area contributed by atoms with Gasteiger partial charge in [0, 0.05) is 30.1 Å². The van der Waals surface area contributed by atoms with E-state index in [9.17, 15) is 9.59 Å². The van der Waals surface area contributed by atoms with Crippen molar-refractivity contribution in [1.29, 1.82) is 0 Å². The molecule has 1 aromatic heterocycles. The van der Waals surface area contributed by atoms with Crippen LogP contribution in [0.4, 0.5) is 10.8 Å². The fraction of sp³-hybridized carbons (Fsp3) is 0.304. The van der Waals surface area contributed by atoms with Gasteiger partial charge < -0.3 is 19.1 Å². The van der Waals surface area contributed by atoms with Crippen LogP contribution in [-0.4, -0.2) is 49.9 Å². The highest BCUT2D eigenvalue weighted by atomic mass is 32.1. The lowest BCUT2D eigenvalue weighted by Gasteiger charge is -2.16. The minimum Gasteiger partial charge on any atom is -0.493 e. The Hall–Kier alpha value is -3.66. The molecule has 0 saturated carbocycles. The topological polar surface area (TPSA) is 103 Å². The van der Waals surface area contributed by atoms with Crippen molar-refractivity contribution in [2.75, 3.05) is 38.1 Å². The average molecular weight is 469 g/mol. The molecule has 1 saturated heterocycles. The highest BCUT2D eigenvalue weighted by molar-refractivity contribution is 7.15. The summed E-state index contributed by atoms with van der Waals surface area (Å²) >= 11 is 1.26. The molecule has 33 heavy (non-hydrogen) atoms. The third-order valence-corrected chi connectivity index (χ3v) is 6.41. The molecule has 2 aromatic carbocycles. The van der Waals surface area contributed by atoms with Gasteiger partial charge >= 0.3 is 0 Å². The summed E-state index contributed by atoms with van der Waals surface area (Å²) in [6.45, 7) is 2.53. The predicted octanol–water partition coefficient (Wildman–Crippen LogP) is 3.65. The molecule has 9 nitrogen and oxygen atoms in total. The molecule has 0 radical (unpaired) electrons. The van der Waals surface area contributed by atoms with Crippen LogP contribution in [0.15, 0.2) is 36.4 Å². The molecular formula is C23H24N4O5S. The first kappa shape index (κ1) is 22.5. The van der Waals surface area contributed by atoms with E-state index in [2.05, 4.69) is 15.5 Å². The number of carbonyl (C=O) groups excluding carboxylic acids is 2. The van der Waals surface area contributed by atoms with Crippen LogP contribution >= 0.6 is 11.3 Å². The Morgan fingerprint density at radius 1 is 1.06 bits per heavy atom. The zero-order valence-corrected chi connectivity index (χ0v) is 19.6. The van der Waals surface area contributed by atoms with Crippen LogP contribution in [-0.2, 0) is 4.79 Å². The molecule has 172 valence electrons. The summed E-state index contributed by atoms with van der Waals surface area (Å²) < 4.78 is 15.9. The van der Waals surface area contributed by atoms with Gasteiger partial charge in [-0.05, 0) is 31.2 Å². The van der Waals surface area contributed by atoms with Crippen molar-refractivity contribution in [3.8, 4) is 17.2 Å². The number of nitrogens with one attached hydrogen (secondary N) is 1. The summed E-state index contributed by atoms with van der Waals surface area (Å²) in [6, 6.07) is 11.0. The van der Waals surface area contributed by atoms with Gasteiger partial charge in [0.1, 0.15) is 5.01 Å². The maximum Gasteiger partial charge on any atom is 0.257 e. The lowest BCUT2D eigenvalue weighted by molar-refractivity contribution is -0.117. The van der Waals surface area contributed by atoms with Crippen molar-refractivity contribution >= 4 is 34.0 Å². The summed E-state index contributed by atoms with van der Waals surface area (Å²) in [6.07, 6.45) is 0.351. The van der Waals surface area contributed by atoms with Crippen molar-refractivity contribution in [3.05, 3.63) is 52.5 Å². The minimum atomic E-state index is -0.388. The first-order valence-electron chi connectivity index (χ1n) is 10.2. The summed E-state index contributed by atoms with van der Waals surface area (Å²) in [5.41, 5.74) is 2.33. The number of ether oxygens (including phenoxy) is 3. The molecule has 1 aliphatic heterocycles. The minimum absolute atomic E-state index is 0.0436. The molecule has 2 amide bonds. The van der Waals surface area contributed by atoms with Crippen LogP contribution in [0.5, 0.6) is 17.2 Å². The molecule has 1 N–H and O–H groups in total. The summed E-state index contributed by atoms with van der Waals surface area (Å²) in [5, 5.41) is 12.1. The second-order valence-electron chi connectivity index (χ2n) is 7.55. The van der Waals surface area contributed by atoms with Gasteiger partial charge in [0.25, 0.3) is 5.91 Å². The van der Waals surface area contributed by atoms with Crippen LogP contribution in [0.3, 0.4) is 0 Å². The van der Waals surface area contributed by atoms with E-state index in [4.69, 9.17) is 14.2 Å². The molecule has 0 bridgehead atoms. The van der Waals surface area contributed by atoms with Crippen molar-refractivity contribution < 1.29 is 23.8 Å². The molecule has 1 aliphatic rings. The number of methoxy groups -OCH3 is 3. The number of benzene rings is 2. The van der Waals surface area contributed by atoms with Gasteiger partial charge in [0.05, 0.1) is 21.3 Å². The Morgan fingerprint density at radius 3 is 2.33 bits per heavy atom. The van der Waals surface area contributed by atoms with Crippen molar-refractivity contribution in [3.63, 3.8) is 0 Å². The molecule has 3 aromatic rings. The molecule has 1 atom stereocenters. The third kappa shape index (κ3) is 4.61. The Bertz CT molecular complexity index is 1150. The summed E-state index contributed by atoms with van der Waals surface area (Å²) in [4.78, 5) is 27.1. The number of nitrogens with zero attached hydrogens (tertiary/aromatic N) is 3. The SMILES string of the molecule is COc1cc(C(=O)Nc2nnc([C@@H]3CC(=O)N(c4ccc(C)cc4)C3)s2)cc(OC)c1OC. The Balaban J connectivity index is 1.47. The van der Waals surface area contributed by atoms with E-state index in [0.717, 1.165) is 11.3 Å². The molecule has 1 fully saturated rings. The van der Waals surface area contributed by atoms with E-state index in [1.54, 1.807) is 17.0 Å². The van der Waals surface area contributed by atoms with Crippen LogP contribution in [0.1, 0.15) is 33.3 Å². The fourth-order valence-electron chi connectivity index (χ4n) is 3.68. The van der Waals surface area contributed by atoms with E-state index in [1.165, 1.54) is 32.7 Å². The largest absolute Gasteiger partial charge is 0.493 e. The number of hydrogen-bond acceptors (Lipinski definition) is 8. The number of hydrogen-bond donors (Lipinski definition) is 1. The molecule has 2 heterocycles. The Labute approximate surface area is 195 Å². The first-order chi connectivity index (χ1) is 15.9. The summed E-state index contributed by atoms with van der Waals surface area (Å²) in [7, 11) is 4.47. The van der Waals surface area contributed by atoms with Gasteiger partial charge in [-0.3, -0.25) is 14.9 Å². The highest BCUT2D eigenvalue weighted by Gasteiger charge is 2.34. The Kier molecular flexibility index (Phi) is 6.45. The van der Waals surface area contributed by atoms with Gasteiger partial charge in [0.15, 0.2) is 11.5 Å². The second kappa shape index (κ2) is 9.45. The smallest absolute Gasteiger partial charge is 0.257 e. The van der Waals surface area contributed by atoms with Gasteiger partial charge in [-0.1, -0.05) is 29.0 Å². The van der Waals surface area contributed by atoms with Crippen LogP contribution in [0.2, 0.25) is 0 Å². The molecule has 0 aliphatic carbocycles.